The van der Waals surface area contributed by atoms with Gasteiger partial charge in [-0.15, -0.1) is 0 Å². The van der Waals surface area contributed by atoms with Crippen LogP contribution in [-0.2, 0) is 10.0 Å². The van der Waals surface area contributed by atoms with Gasteiger partial charge in [-0.2, -0.15) is 0 Å². The van der Waals surface area contributed by atoms with Crippen molar-refractivity contribution >= 4 is 48.9 Å². The Kier molecular flexibility index (Phi) is 4.22. The zero-order chi connectivity index (χ0) is 14.9. The Morgan fingerprint density at radius 2 is 1.95 bits per heavy atom. The highest BCUT2D eigenvalue weighted by molar-refractivity contribution is 9.10. The monoisotopic (exact) mass is 378 g/mol. The number of nitrogens with one attached hydrogen (secondary N) is 1. The van der Waals surface area contributed by atoms with Crippen LogP contribution in [0.2, 0.25) is 5.02 Å². The van der Waals surface area contributed by atoms with Gasteiger partial charge in [0.1, 0.15) is 10.7 Å². The molecule has 4 nitrogen and oxygen atoms in total. The van der Waals surface area contributed by atoms with E-state index in [-0.39, 0.29) is 10.6 Å². The molecule has 0 amide bonds. The Morgan fingerprint density at radius 1 is 1.25 bits per heavy atom. The highest BCUT2D eigenvalue weighted by Gasteiger charge is 2.20. The van der Waals surface area contributed by atoms with Gasteiger partial charge in [0.05, 0.1) is 11.4 Å². The number of nitrogens with two attached hydrogens (primary N) is 1. The third kappa shape index (κ3) is 3.05. The first-order valence-corrected chi connectivity index (χ1v) is 7.98. The van der Waals surface area contributed by atoms with Crippen LogP contribution in [0.15, 0.2) is 45.8 Å². The summed E-state index contributed by atoms with van der Waals surface area (Å²) in [6.07, 6.45) is 0. The summed E-state index contributed by atoms with van der Waals surface area (Å²) in [7, 11) is -3.99. The fourth-order valence-corrected chi connectivity index (χ4v) is 3.66. The van der Waals surface area contributed by atoms with Crippen LogP contribution < -0.4 is 10.5 Å². The molecule has 0 atom stereocenters. The van der Waals surface area contributed by atoms with Crippen molar-refractivity contribution in [1.82, 2.24) is 0 Å². The van der Waals surface area contributed by atoms with Crippen LogP contribution in [0.5, 0.6) is 0 Å². The summed E-state index contributed by atoms with van der Waals surface area (Å²) < 4.78 is 40.5. The third-order valence-electron chi connectivity index (χ3n) is 2.48. The summed E-state index contributed by atoms with van der Waals surface area (Å²) in [5, 5.41) is 0.449. The highest BCUT2D eigenvalue weighted by Crippen LogP contribution is 2.29. The lowest BCUT2D eigenvalue weighted by Gasteiger charge is -2.12. The minimum absolute atomic E-state index is 0.276. The minimum atomic E-state index is -3.99. The van der Waals surface area contributed by atoms with Gasteiger partial charge in [0, 0.05) is 9.50 Å². The van der Waals surface area contributed by atoms with Gasteiger partial charge in [-0.05, 0) is 46.3 Å². The molecule has 20 heavy (non-hydrogen) atoms. The molecule has 106 valence electrons. The van der Waals surface area contributed by atoms with Crippen molar-refractivity contribution in [3.05, 3.63) is 51.7 Å². The SMILES string of the molecule is Nc1c(F)cccc1S(=O)(=O)Nc1ccc(Cl)cc1Br. The molecule has 0 heterocycles. The predicted octanol–water partition coefficient (Wildman–Crippen LogP) is 3.62. The first kappa shape index (κ1) is 15.1. The first-order chi connectivity index (χ1) is 9.31. The van der Waals surface area contributed by atoms with E-state index in [1.54, 1.807) is 0 Å². The molecule has 2 aromatic rings. The smallest absolute Gasteiger partial charge is 0.264 e. The molecule has 0 aromatic heterocycles. The molecular formula is C12H9BrClFN2O2S. The van der Waals surface area contributed by atoms with E-state index in [1.807, 2.05) is 0 Å². The lowest BCUT2D eigenvalue weighted by atomic mass is 10.3. The highest BCUT2D eigenvalue weighted by atomic mass is 79.9. The standard InChI is InChI=1S/C12H9BrClFN2O2S/c13-8-6-7(14)4-5-10(8)17-20(18,19)11-3-1-2-9(15)12(11)16/h1-6,17H,16H2. The van der Waals surface area contributed by atoms with E-state index in [4.69, 9.17) is 17.3 Å². The van der Waals surface area contributed by atoms with Crippen LogP contribution >= 0.6 is 27.5 Å². The lowest BCUT2D eigenvalue weighted by molar-refractivity contribution is 0.597. The second-order valence-corrected chi connectivity index (χ2v) is 6.82. The van der Waals surface area contributed by atoms with E-state index >= 15 is 0 Å². The summed E-state index contributed by atoms with van der Waals surface area (Å²) in [4.78, 5) is -0.320. The van der Waals surface area contributed by atoms with E-state index in [2.05, 4.69) is 20.7 Å². The van der Waals surface area contributed by atoms with Gasteiger partial charge in [-0.1, -0.05) is 17.7 Å². The average molecular weight is 380 g/mol. The summed E-state index contributed by atoms with van der Waals surface area (Å²) >= 11 is 8.96. The zero-order valence-corrected chi connectivity index (χ0v) is 13.1. The number of sulfonamides is 1. The maximum absolute atomic E-state index is 13.3. The summed E-state index contributed by atoms with van der Waals surface area (Å²) in [5.74, 6) is -0.789. The maximum atomic E-state index is 13.3. The molecule has 2 aromatic carbocycles. The van der Waals surface area contributed by atoms with Crippen LogP contribution in [0, 0.1) is 5.82 Å². The Hall–Kier alpha value is -1.31. The molecule has 0 spiro atoms. The second-order valence-electron chi connectivity index (χ2n) is 3.88. The normalized spacial score (nSPS) is 11.3. The summed E-state index contributed by atoms with van der Waals surface area (Å²) in [5.41, 5.74) is 5.31. The van der Waals surface area contributed by atoms with Crippen molar-refractivity contribution in [2.75, 3.05) is 10.5 Å². The molecule has 0 radical (unpaired) electrons. The van der Waals surface area contributed by atoms with Crippen molar-refractivity contribution in [1.29, 1.82) is 0 Å². The number of halogens is 3. The number of anilines is 2. The number of hydrogen-bond acceptors (Lipinski definition) is 3. The summed E-state index contributed by atoms with van der Waals surface area (Å²) in [6.45, 7) is 0. The predicted molar refractivity (Wildman–Crippen MR) is 80.8 cm³/mol. The van der Waals surface area contributed by atoms with Crippen molar-refractivity contribution in [2.45, 2.75) is 4.90 Å². The maximum Gasteiger partial charge on any atom is 0.264 e. The number of para-hydroxylation sites is 1. The van der Waals surface area contributed by atoms with Gasteiger partial charge in [0.15, 0.2) is 0 Å². The second kappa shape index (κ2) is 5.59. The van der Waals surface area contributed by atoms with Gasteiger partial charge in [-0.25, -0.2) is 12.8 Å². The van der Waals surface area contributed by atoms with E-state index in [9.17, 15) is 12.8 Å². The Morgan fingerprint density at radius 3 is 2.60 bits per heavy atom. The Labute approximate surface area is 128 Å². The summed E-state index contributed by atoms with van der Waals surface area (Å²) in [6, 6.07) is 8.14. The van der Waals surface area contributed by atoms with Crippen LogP contribution in [-0.4, -0.2) is 8.42 Å². The molecule has 0 saturated heterocycles. The van der Waals surface area contributed by atoms with Crippen LogP contribution in [0.3, 0.4) is 0 Å². The molecule has 3 N–H and O–H groups in total. The molecule has 2 rings (SSSR count). The molecule has 0 unspecified atom stereocenters. The van der Waals surface area contributed by atoms with Crippen LogP contribution in [0.1, 0.15) is 0 Å². The molecule has 0 aliphatic heterocycles. The van der Waals surface area contributed by atoms with E-state index < -0.39 is 21.5 Å². The molecule has 0 fully saturated rings. The van der Waals surface area contributed by atoms with Crippen molar-refractivity contribution in [3.63, 3.8) is 0 Å². The number of hydrogen-bond donors (Lipinski definition) is 2. The van der Waals surface area contributed by atoms with E-state index in [1.165, 1.54) is 30.3 Å². The van der Waals surface area contributed by atoms with Gasteiger partial charge in [0.2, 0.25) is 0 Å². The number of nitrogen functional groups attached to an aromatic ring is 1. The van der Waals surface area contributed by atoms with Gasteiger partial charge in [0.25, 0.3) is 10.0 Å². The average Bonchev–Trinajstić information content (AvgIpc) is 2.36. The van der Waals surface area contributed by atoms with Crippen molar-refractivity contribution in [3.8, 4) is 0 Å². The fraction of sp³-hybridized carbons (Fsp3) is 0. The number of rotatable bonds is 3. The molecule has 0 bridgehead atoms. The molecule has 0 aliphatic carbocycles. The first-order valence-electron chi connectivity index (χ1n) is 5.33. The molecular weight excluding hydrogens is 371 g/mol. The van der Waals surface area contributed by atoms with Gasteiger partial charge >= 0.3 is 0 Å². The Balaban J connectivity index is 2.44. The van der Waals surface area contributed by atoms with Crippen molar-refractivity contribution < 1.29 is 12.8 Å². The van der Waals surface area contributed by atoms with Crippen LogP contribution in [0.4, 0.5) is 15.8 Å². The quantitative estimate of drug-likeness (QED) is 0.800. The van der Waals surface area contributed by atoms with Crippen LogP contribution in [0.25, 0.3) is 0 Å². The lowest BCUT2D eigenvalue weighted by Crippen LogP contribution is -2.15. The molecule has 0 aliphatic rings. The van der Waals surface area contributed by atoms with E-state index in [0.29, 0.717) is 9.50 Å². The minimum Gasteiger partial charge on any atom is -0.395 e. The van der Waals surface area contributed by atoms with E-state index in [0.717, 1.165) is 6.07 Å². The topological polar surface area (TPSA) is 72.2 Å². The largest absolute Gasteiger partial charge is 0.395 e. The Bertz CT molecular complexity index is 768. The van der Waals surface area contributed by atoms with Crippen molar-refractivity contribution in [2.24, 2.45) is 0 Å². The third-order valence-corrected chi connectivity index (χ3v) is 4.79. The fourth-order valence-electron chi connectivity index (χ4n) is 1.52. The number of benzene rings is 2. The van der Waals surface area contributed by atoms with Gasteiger partial charge in [-0.3, -0.25) is 4.72 Å². The molecule has 0 saturated carbocycles. The zero-order valence-electron chi connectivity index (χ0n) is 9.90. The molecule has 8 heteroatoms. The van der Waals surface area contributed by atoms with Gasteiger partial charge < -0.3 is 5.73 Å².